The number of carbonyl (C=O) groups excluding carboxylic acids is 1. The van der Waals surface area contributed by atoms with Gasteiger partial charge in [0.2, 0.25) is 10.0 Å². The number of anilines is 2. The summed E-state index contributed by atoms with van der Waals surface area (Å²) >= 11 is 0. The van der Waals surface area contributed by atoms with Crippen LogP contribution in [0.15, 0.2) is 48.8 Å². The van der Waals surface area contributed by atoms with Crippen molar-refractivity contribution in [3.8, 4) is 0 Å². The number of amides is 1. The van der Waals surface area contributed by atoms with Crippen LogP contribution in [0.1, 0.15) is 10.5 Å². The van der Waals surface area contributed by atoms with Gasteiger partial charge in [0.25, 0.3) is 5.91 Å². The first-order valence-electron chi connectivity index (χ1n) is 10.1. The van der Waals surface area contributed by atoms with E-state index in [1.165, 1.54) is 10.6 Å². The topological polar surface area (TPSA) is 124 Å². The van der Waals surface area contributed by atoms with Gasteiger partial charge in [-0.3, -0.25) is 19.9 Å². The molecule has 10 nitrogen and oxygen atoms in total. The minimum atomic E-state index is -3.25. The highest BCUT2D eigenvalue weighted by atomic mass is 32.2. The molecule has 0 spiro atoms. The minimum Gasteiger partial charge on any atom is -0.337 e. The zero-order valence-corrected chi connectivity index (χ0v) is 18.1. The van der Waals surface area contributed by atoms with Gasteiger partial charge in [-0.05, 0) is 41.8 Å². The molecule has 0 radical (unpaired) electrons. The molecular weight excluding hydrogens is 430 g/mol. The molecule has 3 aromatic heterocycles. The zero-order chi connectivity index (χ0) is 22.3. The number of benzene rings is 1. The van der Waals surface area contributed by atoms with E-state index in [-0.39, 0.29) is 19.0 Å². The van der Waals surface area contributed by atoms with E-state index >= 15 is 0 Å². The average molecular weight is 452 g/mol. The molecule has 0 unspecified atom stereocenters. The molecule has 4 aromatic rings. The van der Waals surface area contributed by atoms with E-state index in [0.29, 0.717) is 24.6 Å². The van der Waals surface area contributed by atoms with Gasteiger partial charge >= 0.3 is 0 Å². The van der Waals surface area contributed by atoms with Crippen molar-refractivity contribution in [2.24, 2.45) is 0 Å². The van der Waals surface area contributed by atoms with E-state index in [9.17, 15) is 13.2 Å². The summed E-state index contributed by atoms with van der Waals surface area (Å²) in [6.07, 6.45) is 4.50. The normalized spacial score (nSPS) is 15.3. The molecule has 0 bridgehead atoms. The lowest BCUT2D eigenvalue weighted by Gasteiger charge is -2.33. The highest BCUT2D eigenvalue weighted by molar-refractivity contribution is 7.88. The summed E-state index contributed by atoms with van der Waals surface area (Å²) in [6, 6.07) is 11.2. The molecule has 0 saturated carbocycles. The standard InChI is InChI=1S/C21H21N7O3S/c1-32(30,31)28-11-9-27(10-12-28)21(29)18-16-5-4-15(13-14(16)6-8-23-18)24-20-19-17(25-26-20)3-2-7-22-19/h2-8,13H,9-12H2,1H3,(H2,24,25,26). The maximum atomic E-state index is 13.1. The van der Waals surface area contributed by atoms with Crippen LogP contribution in [-0.4, -0.2) is 76.1 Å². The Morgan fingerprint density at radius 3 is 2.66 bits per heavy atom. The lowest BCUT2D eigenvalue weighted by molar-refractivity contribution is 0.0694. The van der Waals surface area contributed by atoms with Gasteiger partial charge in [0.15, 0.2) is 5.82 Å². The fourth-order valence-electron chi connectivity index (χ4n) is 3.88. The van der Waals surface area contributed by atoms with Gasteiger partial charge in [0, 0.05) is 49.6 Å². The van der Waals surface area contributed by atoms with E-state index in [4.69, 9.17) is 0 Å². The minimum absolute atomic E-state index is 0.202. The molecule has 2 N–H and O–H groups in total. The fourth-order valence-corrected chi connectivity index (χ4v) is 4.70. The number of sulfonamides is 1. The van der Waals surface area contributed by atoms with E-state index in [1.807, 2.05) is 36.4 Å². The highest BCUT2D eigenvalue weighted by Crippen LogP contribution is 2.26. The second-order valence-electron chi connectivity index (χ2n) is 7.65. The molecule has 32 heavy (non-hydrogen) atoms. The first kappa shape index (κ1) is 20.3. The maximum absolute atomic E-state index is 13.1. The van der Waals surface area contributed by atoms with E-state index in [2.05, 4.69) is 25.5 Å². The van der Waals surface area contributed by atoms with Crippen molar-refractivity contribution in [1.82, 2.24) is 29.4 Å². The van der Waals surface area contributed by atoms with Crippen molar-refractivity contribution >= 4 is 49.2 Å². The molecule has 1 aliphatic heterocycles. The van der Waals surface area contributed by atoms with Crippen molar-refractivity contribution < 1.29 is 13.2 Å². The number of rotatable bonds is 4. The molecule has 4 heterocycles. The Morgan fingerprint density at radius 1 is 1.06 bits per heavy atom. The lowest BCUT2D eigenvalue weighted by atomic mass is 10.1. The Labute approximate surface area is 184 Å². The van der Waals surface area contributed by atoms with E-state index in [1.54, 1.807) is 17.3 Å². The predicted molar refractivity (Wildman–Crippen MR) is 121 cm³/mol. The molecule has 0 atom stereocenters. The van der Waals surface area contributed by atoms with Crippen LogP contribution in [0.5, 0.6) is 0 Å². The number of fused-ring (bicyclic) bond motifs is 2. The SMILES string of the molecule is CS(=O)(=O)N1CCN(C(=O)c2nccc3cc(Nc4n[nH]c5cccnc45)ccc23)CC1. The molecule has 164 valence electrons. The summed E-state index contributed by atoms with van der Waals surface area (Å²) < 4.78 is 24.8. The Balaban J connectivity index is 1.39. The number of H-pyrrole nitrogens is 1. The largest absolute Gasteiger partial charge is 0.337 e. The van der Waals surface area contributed by atoms with Gasteiger partial charge in [0.1, 0.15) is 11.2 Å². The van der Waals surface area contributed by atoms with Crippen molar-refractivity contribution in [3.05, 3.63) is 54.5 Å². The van der Waals surface area contributed by atoms with Crippen LogP contribution in [0.3, 0.4) is 0 Å². The number of piperazine rings is 1. The van der Waals surface area contributed by atoms with Gasteiger partial charge < -0.3 is 10.2 Å². The number of carbonyl (C=O) groups is 1. The molecule has 1 amide bonds. The van der Waals surface area contributed by atoms with Gasteiger partial charge in [-0.15, -0.1) is 0 Å². The van der Waals surface area contributed by atoms with Crippen molar-refractivity contribution in [2.75, 3.05) is 37.8 Å². The quantitative estimate of drug-likeness (QED) is 0.486. The smallest absolute Gasteiger partial charge is 0.273 e. The third-order valence-electron chi connectivity index (χ3n) is 5.54. The number of nitrogens with one attached hydrogen (secondary N) is 2. The molecule has 5 rings (SSSR count). The van der Waals surface area contributed by atoms with Crippen LogP contribution in [0.25, 0.3) is 21.8 Å². The van der Waals surface area contributed by atoms with Gasteiger partial charge in [-0.2, -0.15) is 9.40 Å². The van der Waals surface area contributed by atoms with Crippen LogP contribution in [-0.2, 0) is 10.0 Å². The van der Waals surface area contributed by atoms with Crippen LogP contribution < -0.4 is 5.32 Å². The first-order chi connectivity index (χ1) is 15.4. The van der Waals surface area contributed by atoms with E-state index < -0.39 is 10.0 Å². The molecular formula is C21H21N7O3S. The summed E-state index contributed by atoms with van der Waals surface area (Å²) in [5.74, 6) is 0.418. The predicted octanol–water partition coefficient (Wildman–Crippen LogP) is 1.97. The van der Waals surface area contributed by atoms with Gasteiger partial charge in [-0.25, -0.2) is 8.42 Å². The number of aromatic nitrogens is 4. The van der Waals surface area contributed by atoms with Crippen LogP contribution in [0, 0.1) is 0 Å². The van der Waals surface area contributed by atoms with E-state index in [0.717, 1.165) is 27.5 Å². The second-order valence-corrected chi connectivity index (χ2v) is 9.63. The molecule has 1 saturated heterocycles. The first-order valence-corrected chi connectivity index (χ1v) is 11.9. The van der Waals surface area contributed by atoms with Crippen molar-refractivity contribution in [1.29, 1.82) is 0 Å². The summed E-state index contributed by atoms with van der Waals surface area (Å²) in [5.41, 5.74) is 2.74. The molecule has 0 aliphatic carbocycles. The fraction of sp³-hybridized carbons (Fsp3) is 0.238. The zero-order valence-electron chi connectivity index (χ0n) is 17.3. The van der Waals surface area contributed by atoms with Crippen LogP contribution in [0.2, 0.25) is 0 Å². The molecule has 1 aliphatic rings. The number of aromatic amines is 1. The Kier molecular flexibility index (Phi) is 4.98. The monoisotopic (exact) mass is 451 g/mol. The van der Waals surface area contributed by atoms with Gasteiger partial charge in [0.05, 0.1) is 11.8 Å². The summed E-state index contributed by atoms with van der Waals surface area (Å²) in [5, 5.41) is 12.1. The number of pyridine rings is 2. The molecule has 11 heteroatoms. The Morgan fingerprint density at radius 2 is 1.88 bits per heavy atom. The summed E-state index contributed by atoms with van der Waals surface area (Å²) in [4.78, 5) is 23.4. The van der Waals surface area contributed by atoms with Crippen molar-refractivity contribution in [2.45, 2.75) is 0 Å². The third kappa shape index (κ3) is 3.76. The summed E-state index contributed by atoms with van der Waals surface area (Å²) in [6.45, 7) is 1.25. The second kappa shape index (κ2) is 7.84. The Bertz CT molecular complexity index is 1430. The molecule has 1 aromatic carbocycles. The number of hydrogen-bond donors (Lipinski definition) is 2. The number of nitrogens with zero attached hydrogens (tertiary/aromatic N) is 5. The third-order valence-corrected chi connectivity index (χ3v) is 6.85. The van der Waals surface area contributed by atoms with Crippen LogP contribution in [0.4, 0.5) is 11.5 Å². The molecule has 1 fully saturated rings. The Hall–Kier alpha value is -3.57. The van der Waals surface area contributed by atoms with Gasteiger partial charge in [-0.1, -0.05) is 0 Å². The van der Waals surface area contributed by atoms with Crippen molar-refractivity contribution in [3.63, 3.8) is 0 Å². The average Bonchev–Trinajstić information content (AvgIpc) is 3.20. The maximum Gasteiger partial charge on any atom is 0.273 e. The van der Waals surface area contributed by atoms with Crippen LogP contribution >= 0.6 is 0 Å². The highest BCUT2D eigenvalue weighted by Gasteiger charge is 2.28. The summed E-state index contributed by atoms with van der Waals surface area (Å²) in [7, 11) is -3.25. The number of hydrogen-bond acceptors (Lipinski definition) is 7. The lowest BCUT2D eigenvalue weighted by Crippen LogP contribution is -2.50.